The lowest BCUT2D eigenvalue weighted by atomic mass is 9.82. The third kappa shape index (κ3) is 28.4. The summed E-state index contributed by atoms with van der Waals surface area (Å²) in [6.45, 7) is 5.72. The molecule has 1 saturated heterocycles. The number of benzene rings is 3. The molecule has 12 heteroatoms. The van der Waals surface area contributed by atoms with Gasteiger partial charge in [-0.15, -0.1) is 0 Å². The molecule has 0 unspecified atom stereocenters. The van der Waals surface area contributed by atoms with Gasteiger partial charge in [0.1, 0.15) is 24.8 Å². The van der Waals surface area contributed by atoms with Crippen LogP contribution in [0.3, 0.4) is 0 Å². The normalized spacial score (nSPS) is 17.0. The molecule has 1 aliphatic heterocycles. The number of hydrogen-bond acceptors (Lipinski definition) is 12. The number of Topliss-reactive ketones (excluding diaryl/α,β-unsaturated/α-hetero) is 1. The minimum atomic E-state index is -1.17. The van der Waals surface area contributed by atoms with E-state index in [2.05, 4.69) is 24.5 Å². The molecule has 2 aliphatic rings. The Balaban J connectivity index is 1.13. The zero-order valence-corrected chi connectivity index (χ0v) is 52.7. The van der Waals surface area contributed by atoms with Gasteiger partial charge >= 0.3 is 24.1 Å². The molecule has 0 spiro atoms. The Labute approximate surface area is 512 Å². The van der Waals surface area contributed by atoms with E-state index < -0.39 is 48.2 Å². The Morgan fingerprint density at radius 1 is 0.541 bits per heavy atom. The predicted molar refractivity (Wildman–Crippen MR) is 341 cm³/mol. The fourth-order valence-electron chi connectivity index (χ4n) is 12.1. The highest BCUT2D eigenvalue weighted by Crippen LogP contribution is 2.41. The van der Waals surface area contributed by atoms with Crippen molar-refractivity contribution in [2.45, 2.75) is 288 Å². The molecular weight excluding hydrogens is 1060 g/mol. The highest BCUT2D eigenvalue weighted by molar-refractivity contribution is 5.96. The van der Waals surface area contributed by atoms with E-state index in [1.807, 2.05) is 103 Å². The van der Waals surface area contributed by atoms with E-state index in [1.165, 1.54) is 141 Å². The molecule has 1 heterocycles. The molecule has 1 aliphatic carbocycles. The summed E-state index contributed by atoms with van der Waals surface area (Å²) in [6.07, 6.45) is 39.5. The van der Waals surface area contributed by atoms with Gasteiger partial charge in [0.15, 0.2) is 24.2 Å². The minimum absolute atomic E-state index is 0.215. The monoisotopic (exact) mass is 1170 g/mol. The maximum Gasteiger partial charge on any atom is 0.510 e. The van der Waals surface area contributed by atoms with Crippen molar-refractivity contribution in [2.24, 2.45) is 5.92 Å². The molecule has 0 radical (unpaired) electrons. The molecule has 3 aromatic carbocycles. The standard InChI is InChI=1S/C73H110N2O10/c1-4-6-8-10-12-14-16-18-20-22-24-26-28-30-41-51-67(76)81-57-64(58-82-68(77)52-42-31-29-27-25-23-21-19-17-15-13-11-9-7-5-2)83-71(79)65(54-53-60-44-35-32-36-45-60)74-59(3)70(78)73-55-43-50-63(73)56-66(75-73)84-72(80)85-69(61-46-37-33-38-47-61)62-48-39-34-40-49-62/h32-40,43-49,55,59,63-66,69,74-75H,4-31,41-42,50-54,56-58H2,1-3H3/t59-,63-,65-,66-,73+/m0/s1. The second kappa shape index (κ2) is 43.3. The highest BCUT2D eigenvalue weighted by Gasteiger charge is 2.54. The van der Waals surface area contributed by atoms with Gasteiger partial charge in [-0.05, 0) is 61.6 Å². The van der Waals surface area contributed by atoms with Crippen LogP contribution in [0.5, 0.6) is 0 Å². The lowest BCUT2D eigenvalue weighted by Gasteiger charge is -2.32. The van der Waals surface area contributed by atoms with E-state index in [4.69, 9.17) is 23.7 Å². The number of ketones is 1. The summed E-state index contributed by atoms with van der Waals surface area (Å²) < 4.78 is 29.5. The van der Waals surface area contributed by atoms with Gasteiger partial charge in [-0.1, -0.05) is 297 Å². The Morgan fingerprint density at radius 2 is 0.953 bits per heavy atom. The van der Waals surface area contributed by atoms with E-state index in [0.717, 1.165) is 55.2 Å². The van der Waals surface area contributed by atoms with Crippen molar-refractivity contribution in [3.63, 3.8) is 0 Å². The molecule has 5 atom stereocenters. The first-order valence-electron chi connectivity index (χ1n) is 33.9. The van der Waals surface area contributed by atoms with Crippen LogP contribution in [-0.2, 0) is 49.3 Å². The topological polar surface area (TPSA) is 156 Å². The molecule has 0 amide bonds. The number of hydrogen-bond donors (Lipinski definition) is 2. The number of unbranched alkanes of at least 4 members (excludes halogenated alkanes) is 28. The highest BCUT2D eigenvalue weighted by atomic mass is 16.7. The van der Waals surface area contributed by atoms with Crippen molar-refractivity contribution in [3.05, 3.63) is 120 Å². The maximum absolute atomic E-state index is 14.8. The molecule has 5 rings (SSSR count). The number of fused-ring (bicyclic) bond motifs is 1. The fourth-order valence-corrected chi connectivity index (χ4v) is 12.1. The molecule has 12 nitrogen and oxygen atoms in total. The fraction of sp³-hybridized carbons (Fsp3) is 0.658. The number of aryl methyl sites for hydroxylation is 1. The second-order valence-electron chi connectivity index (χ2n) is 24.4. The molecule has 0 bridgehead atoms. The van der Waals surface area contributed by atoms with Gasteiger partial charge in [0, 0.05) is 19.3 Å². The number of carbonyl (C=O) groups excluding carboxylic acids is 5. The van der Waals surface area contributed by atoms with E-state index in [1.54, 1.807) is 6.92 Å². The Bertz CT molecular complexity index is 2210. The van der Waals surface area contributed by atoms with Crippen molar-refractivity contribution in [1.29, 1.82) is 0 Å². The molecular formula is C73H110N2O10. The van der Waals surface area contributed by atoms with E-state index in [9.17, 15) is 24.0 Å². The summed E-state index contributed by atoms with van der Waals surface area (Å²) in [5, 5.41) is 6.67. The van der Waals surface area contributed by atoms with Crippen LogP contribution in [0.1, 0.15) is 268 Å². The zero-order chi connectivity index (χ0) is 60.4. The van der Waals surface area contributed by atoms with Crippen LogP contribution in [0, 0.1) is 5.92 Å². The van der Waals surface area contributed by atoms with Crippen LogP contribution < -0.4 is 10.6 Å². The Morgan fingerprint density at radius 3 is 1.39 bits per heavy atom. The quantitative estimate of drug-likeness (QED) is 0.0239. The summed E-state index contributed by atoms with van der Waals surface area (Å²) in [7, 11) is 0. The lowest BCUT2D eigenvalue weighted by molar-refractivity contribution is -0.168. The van der Waals surface area contributed by atoms with Crippen molar-refractivity contribution in [2.75, 3.05) is 13.2 Å². The minimum Gasteiger partial charge on any atom is -0.462 e. The first-order chi connectivity index (χ1) is 41.6. The van der Waals surface area contributed by atoms with E-state index >= 15 is 0 Å². The van der Waals surface area contributed by atoms with Gasteiger partial charge in [0.2, 0.25) is 0 Å². The number of carbonyl (C=O) groups is 5. The van der Waals surface area contributed by atoms with Gasteiger partial charge in [0.05, 0.1) is 6.04 Å². The van der Waals surface area contributed by atoms with E-state index in [-0.39, 0.29) is 56.1 Å². The number of allylic oxidation sites excluding steroid dienone is 1. The molecule has 472 valence electrons. The zero-order valence-electron chi connectivity index (χ0n) is 52.7. The summed E-state index contributed by atoms with van der Waals surface area (Å²) in [6, 6.07) is 26.9. The molecule has 0 aromatic heterocycles. The molecule has 0 saturated carbocycles. The van der Waals surface area contributed by atoms with Gasteiger partial charge in [-0.2, -0.15) is 0 Å². The first kappa shape index (κ1) is 70.4. The number of nitrogens with one attached hydrogen (secondary N) is 2. The third-order valence-corrected chi connectivity index (χ3v) is 17.2. The van der Waals surface area contributed by atoms with Crippen molar-refractivity contribution >= 4 is 29.8 Å². The predicted octanol–water partition coefficient (Wildman–Crippen LogP) is 17.6. The van der Waals surface area contributed by atoms with Crippen LogP contribution in [0.25, 0.3) is 0 Å². The van der Waals surface area contributed by atoms with Gasteiger partial charge < -0.3 is 23.7 Å². The average Bonchev–Trinajstić information content (AvgIpc) is 1.94. The smallest absolute Gasteiger partial charge is 0.462 e. The molecule has 2 N–H and O–H groups in total. The Hall–Kier alpha value is -5.33. The van der Waals surface area contributed by atoms with Crippen molar-refractivity contribution in [1.82, 2.24) is 10.6 Å². The second-order valence-corrected chi connectivity index (χ2v) is 24.4. The number of ether oxygens (including phenoxy) is 5. The summed E-state index contributed by atoms with van der Waals surface area (Å²) in [5.74, 6) is -1.85. The van der Waals surface area contributed by atoms with Gasteiger partial charge in [0.25, 0.3) is 0 Å². The SMILES string of the molecule is CCCCCCCCCCCCCCCCCC(=O)OCC(COC(=O)CCCCCCCCCCCCCCCCC)OC(=O)[C@H](CCc1ccccc1)N[C@@H](C)C(=O)[C@@]12C=CC[C@H]1C[C@H](OC(=O)OC(c1ccccc1)c1ccccc1)N2. The molecule has 1 fully saturated rings. The largest absolute Gasteiger partial charge is 0.510 e. The van der Waals surface area contributed by atoms with Crippen molar-refractivity contribution < 1.29 is 47.7 Å². The van der Waals surface area contributed by atoms with Gasteiger partial charge in [-0.25, -0.2) is 4.79 Å². The van der Waals surface area contributed by atoms with Crippen molar-refractivity contribution in [3.8, 4) is 0 Å². The average molecular weight is 1180 g/mol. The van der Waals surface area contributed by atoms with Crippen LogP contribution in [0.4, 0.5) is 4.79 Å². The summed E-state index contributed by atoms with van der Waals surface area (Å²) in [4.78, 5) is 69.3. The molecule has 85 heavy (non-hydrogen) atoms. The van der Waals surface area contributed by atoms with Crippen LogP contribution in [-0.4, -0.2) is 73.0 Å². The van der Waals surface area contributed by atoms with Gasteiger partial charge in [-0.3, -0.25) is 29.8 Å². The van der Waals surface area contributed by atoms with E-state index in [0.29, 0.717) is 32.1 Å². The van der Waals surface area contributed by atoms with Crippen LogP contribution in [0.15, 0.2) is 103 Å². The summed E-state index contributed by atoms with van der Waals surface area (Å²) in [5.41, 5.74) is 1.41. The first-order valence-corrected chi connectivity index (χ1v) is 33.9. The summed E-state index contributed by atoms with van der Waals surface area (Å²) >= 11 is 0. The third-order valence-electron chi connectivity index (χ3n) is 17.2. The Kier molecular flexibility index (Phi) is 35.9. The number of rotatable bonds is 49. The number of esters is 3. The maximum atomic E-state index is 14.8. The molecule has 3 aromatic rings. The van der Waals surface area contributed by atoms with Crippen LogP contribution >= 0.6 is 0 Å². The lowest BCUT2D eigenvalue weighted by Crippen LogP contribution is -2.59. The van der Waals surface area contributed by atoms with Crippen LogP contribution in [0.2, 0.25) is 0 Å².